The number of hydrogen-bond donors (Lipinski definition) is 2. The van der Waals surface area contributed by atoms with Crippen LogP contribution in [0.15, 0.2) is 42.5 Å². The highest BCUT2D eigenvalue weighted by Crippen LogP contribution is 2.29. The molecule has 2 unspecified atom stereocenters. The first-order valence-electron chi connectivity index (χ1n) is 8.50. The largest absolute Gasteiger partial charge is 0.508 e. The quantitative estimate of drug-likeness (QED) is 0.892. The number of halogens is 1. The average molecular weight is 343 g/mol. The number of nitrogens with zero attached hydrogens (tertiary/aromatic N) is 1. The summed E-state index contributed by atoms with van der Waals surface area (Å²) in [5.74, 6) is -0.371. The number of aromatic hydroxyl groups is 1. The van der Waals surface area contributed by atoms with E-state index in [2.05, 4.69) is 0 Å². The molecule has 0 radical (unpaired) electrons. The third kappa shape index (κ3) is 3.82. The van der Waals surface area contributed by atoms with Gasteiger partial charge in [0, 0.05) is 18.2 Å². The lowest BCUT2D eigenvalue weighted by atomic mass is 10.00. The van der Waals surface area contributed by atoms with Gasteiger partial charge in [0.05, 0.1) is 6.10 Å². The maximum absolute atomic E-state index is 13.0. The predicted octanol–water partition coefficient (Wildman–Crippen LogP) is 3.57. The van der Waals surface area contributed by atoms with Gasteiger partial charge in [0.2, 0.25) is 0 Å². The zero-order valence-corrected chi connectivity index (χ0v) is 14.2. The first-order valence-corrected chi connectivity index (χ1v) is 8.50. The Kier molecular flexibility index (Phi) is 5.04. The second-order valence-electron chi connectivity index (χ2n) is 6.60. The molecule has 0 aromatic heterocycles. The van der Waals surface area contributed by atoms with Crippen molar-refractivity contribution >= 4 is 5.91 Å². The number of aliphatic hydroxyl groups excluding tert-OH is 1. The fourth-order valence-corrected chi connectivity index (χ4v) is 3.34. The minimum Gasteiger partial charge on any atom is -0.508 e. The molecule has 0 saturated carbocycles. The molecule has 1 amide bonds. The van der Waals surface area contributed by atoms with Gasteiger partial charge in [-0.3, -0.25) is 4.79 Å². The number of rotatable bonds is 4. The first kappa shape index (κ1) is 17.4. The number of hydrogen-bond acceptors (Lipinski definition) is 3. The van der Waals surface area contributed by atoms with E-state index in [9.17, 15) is 19.4 Å². The van der Waals surface area contributed by atoms with E-state index >= 15 is 0 Å². The molecule has 1 aliphatic rings. The van der Waals surface area contributed by atoms with Crippen LogP contribution in [0.4, 0.5) is 4.39 Å². The molecule has 2 aromatic rings. The molecule has 3 rings (SSSR count). The van der Waals surface area contributed by atoms with Crippen LogP contribution >= 0.6 is 0 Å². The average Bonchev–Trinajstić information content (AvgIpc) is 3.05. The Labute approximate surface area is 146 Å². The number of aliphatic hydroxyl groups is 1. The summed E-state index contributed by atoms with van der Waals surface area (Å²) >= 11 is 0. The van der Waals surface area contributed by atoms with Crippen molar-refractivity contribution < 1.29 is 19.4 Å². The van der Waals surface area contributed by atoms with Crippen LogP contribution in [-0.2, 0) is 0 Å². The van der Waals surface area contributed by atoms with Crippen molar-refractivity contribution in [3.8, 4) is 5.75 Å². The van der Waals surface area contributed by atoms with E-state index in [1.807, 2.05) is 0 Å². The first-order chi connectivity index (χ1) is 12.0. The molecular formula is C20H22FNO3. The van der Waals surface area contributed by atoms with Gasteiger partial charge in [0.25, 0.3) is 5.91 Å². The number of amides is 1. The monoisotopic (exact) mass is 343 g/mol. The fraction of sp³-hybridized carbons (Fsp3) is 0.350. The highest BCUT2D eigenvalue weighted by molar-refractivity contribution is 5.95. The van der Waals surface area contributed by atoms with Gasteiger partial charge in [-0.05, 0) is 61.6 Å². The molecule has 2 aromatic carbocycles. The predicted molar refractivity (Wildman–Crippen MR) is 92.9 cm³/mol. The summed E-state index contributed by atoms with van der Waals surface area (Å²) in [6.07, 6.45) is 1.37. The van der Waals surface area contributed by atoms with Crippen LogP contribution in [0.2, 0.25) is 0 Å². The van der Waals surface area contributed by atoms with Gasteiger partial charge in [0.1, 0.15) is 11.6 Å². The molecule has 2 N–H and O–H groups in total. The third-order valence-electron chi connectivity index (χ3n) is 4.84. The van der Waals surface area contributed by atoms with E-state index in [4.69, 9.17) is 0 Å². The third-order valence-corrected chi connectivity index (χ3v) is 4.84. The summed E-state index contributed by atoms with van der Waals surface area (Å²) in [4.78, 5) is 14.5. The zero-order valence-electron chi connectivity index (χ0n) is 14.2. The van der Waals surface area contributed by atoms with Crippen molar-refractivity contribution in [2.75, 3.05) is 6.54 Å². The molecule has 0 aliphatic carbocycles. The van der Waals surface area contributed by atoms with Crippen molar-refractivity contribution in [3.63, 3.8) is 0 Å². The second kappa shape index (κ2) is 7.23. The summed E-state index contributed by atoms with van der Waals surface area (Å²) in [7, 11) is 0. The van der Waals surface area contributed by atoms with Crippen LogP contribution < -0.4 is 0 Å². The SMILES string of the molecule is Cc1ccc(C(=O)N2CCCC2CC(O)c2ccc(F)cc2)cc1O. The van der Waals surface area contributed by atoms with Crippen molar-refractivity contribution in [1.29, 1.82) is 0 Å². The van der Waals surface area contributed by atoms with Gasteiger partial charge in [-0.25, -0.2) is 4.39 Å². The van der Waals surface area contributed by atoms with E-state index in [-0.39, 0.29) is 23.5 Å². The van der Waals surface area contributed by atoms with Gasteiger partial charge in [-0.1, -0.05) is 18.2 Å². The molecule has 1 fully saturated rings. The second-order valence-corrected chi connectivity index (χ2v) is 6.60. The van der Waals surface area contributed by atoms with Crippen LogP contribution in [-0.4, -0.2) is 33.6 Å². The van der Waals surface area contributed by atoms with E-state index in [0.717, 1.165) is 18.4 Å². The Bertz CT molecular complexity index is 760. The molecule has 1 aliphatic heterocycles. The maximum atomic E-state index is 13.0. The molecule has 2 atom stereocenters. The van der Waals surface area contributed by atoms with Crippen molar-refractivity contribution in [2.24, 2.45) is 0 Å². The molecule has 1 saturated heterocycles. The minimum absolute atomic E-state index is 0.0731. The van der Waals surface area contributed by atoms with Crippen LogP contribution in [0.1, 0.15) is 46.9 Å². The number of aryl methyl sites for hydroxylation is 1. The van der Waals surface area contributed by atoms with Crippen LogP contribution in [0.25, 0.3) is 0 Å². The fourth-order valence-electron chi connectivity index (χ4n) is 3.34. The van der Waals surface area contributed by atoms with Crippen molar-refractivity contribution in [3.05, 3.63) is 65.0 Å². The standard InChI is InChI=1S/C20H22FNO3/c1-13-4-5-15(11-18(13)23)20(25)22-10-2-3-17(22)12-19(24)14-6-8-16(21)9-7-14/h4-9,11,17,19,23-24H,2-3,10,12H2,1H3. The maximum Gasteiger partial charge on any atom is 0.254 e. The molecule has 5 heteroatoms. The minimum atomic E-state index is -0.745. The van der Waals surface area contributed by atoms with E-state index in [1.54, 1.807) is 36.1 Å². The van der Waals surface area contributed by atoms with Gasteiger partial charge in [-0.15, -0.1) is 0 Å². The van der Waals surface area contributed by atoms with E-state index in [1.165, 1.54) is 18.2 Å². The Hall–Kier alpha value is -2.40. The van der Waals surface area contributed by atoms with Crippen LogP contribution in [0.3, 0.4) is 0 Å². The molecular weight excluding hydrogens is 321 g/mol. The van der Waals surface area contributed by atoms with Gasteiger partial charge in [0.15, 0.2) is 0 Å². The topological polar surface area (TPSA) is 60.8 Å². The highest BCUT2D eigenvalue weighted by Gasteiger charge is 2.31. The van der Waals surface area contributed by atoms with Gasteiger partial charge < -0.3 is 15.1 Å². The molecule has 0 spiro atoms. The van der Waals surface area contributed by atoms with Crippen LogP contribution in [0.5, 0.6) is 5.75 Å². The molecule has 4 nitrogen and oxygen atoms in total. The Morgan fingerprint density at radius 3 is 2.68 bits per heavy atom. The van der Waals surface area contributed by atoms with E-state index < -0.39 is 6.10 Å². The summed E-state index contributed by atoms with van der Waals surface area (Å²) in [5.41, 5.74) is 1.82. The molecule has 25 heavy (non-hydrogen) atoms. The number of phenols is 1. The number of carbonyl (C=O) groups excluding carboxylic acids is 1. The van der Waals surface area contributed by atoms with Crippen molar-refractivity contribution in [2.45, 2.75) is 38.3 Å². The lowest BCUT2D eigenvalue weighted by Crippen LogP contribution is -2.36. The van der Waals surface area contributed by atoms with E-state index in [0.29, 0.717) is 24.1 Å². The summed E-state index contributed by atoms with van der Waals surface area (Å²) in [6, 6.07) is 10.6. The van der Waals surface area contributed by atoms with Crippen LogP contribution in [0, 0.1) is 12.7 Å². The molecule has 132 valence electrons. The van der Waals surface area contributed by atoms with Gasteiger partial charge in [-0.2, -0.15) is 0 Å². The lowest BCUT2D eigenvalue weighted by Gasteiger charge is -2.27. The molecule has 1 heterocycles. The highest BCUT2D eigenvalue weighted by atomic mass is 19.1. The van der Waals surface area contributed by atoms with Crippen molar-refractivity contribution in [1.82, 2.24) is 4.90 Å². The smallest absolute Gasteiger partial charge is 0.254 e. The summed E-state index contributed by atoms with van der Waals surface area (Å²) in [5, 5.41) is 20.3. The Balaban J connectivity index is 1.72. The Morgan fingerprint density at radius 1 is 1.28 bits per heavy atom. The number of phenolic OH excluding ortho intramolecular Hbond substituents is 1. The summed E-state index contributed by atoms with van der Waals surface area (Å²) in [6.45, 7) is 2.41. The number of benzene rings is 2. The van der Waals surface area contributed by atoms with Gasteiger partial charge >= 0.3 is 0 Å². The number of carbonyl (C=O) groups is 1. The Morgan fingerprint density at radius 2 is 2.00 bits per heavy atom. The zero-order chi connectivity index (χ0) is 18.0. The molecule has 0 bridgehead atoms. The lowest BCUT2D eigenvalue weighted by molar-refractivity contribution is 0.0666. The summed E-state index contributed by atoms with van der Waals surface area (Å²) < 4.78 is 13.0. The normalized spacial score (nSPS) is 18.4. The number of likely N-dealkylation sites (tertiary alicyclic amines) is 1.